The van der Waals surface area contributed by atoms with Crippen molar-refractivity contribution in [3.63, 3.8) is 0 Å². The zero-order valence-corrected chi connectivity index (χ0v) is 13.1. The maximum Gasteiger partial charge on any atom is 0.169 e. The smallest absolute Gasteiger partial charge is 0.169 e. The van der Waals surface area contributed by atoms with Crippen molar-refractivity contribution in [1.29, 1.82) is 0 Å². The van der Waals surface area contributed by atoms with Gasteiger partial charge in [-0.15, -0.1) is 0 Å². The molecular weight excluding hydrogens is 283 g/mol. The van der Waals surface area contributed by atoms with E-state index in [2.05, 4.69) is 0 Å². The summed E-state index contributed by atoms with van der Waals surface area (Å²) in [4.78, 5) is 11.7. The number of rotatable bonds is 5. The molecule has 0 amide bonds. The van der Waals surface area contributed by atoms with Gasteiger partial charge in [0.1, 0.15) is 5.82 Å². The van der Waals surface area contributed by atoms with Crippen LogP contribution in [0.15, 0.2) is 30.3 Å². The monoisotopic (exact) mass is 302 g/mol. The normalized spacial score (nSPS) is 10.6. The van der Waals surface area contributed by atoms with Gasteiger partial charge in [0, 0.05) is 11.1 Å². The van der Waals surface area contributed by atoms with Gasteiger partial charge in [-0.2, -0.15) is 0 Å². The van der Waals surface area contributed by atoms with Crippen molar-refractivity contribution < 1.29 is 18.7 Å². The summed E-state index contributed by atoms with van der Waals surface area (Å²) in [6, 6.07) is 7.80. The van der Waals surface area contributed by atoms with Gasteiger partial charge in [-0.1, -0.05) is 26.0 Å². The Morgan fingerprint density at radius 1 is 1.09 bits per heavy atom. The molecule has 0 bridgehead atoms. The van der Waals surface area contributed by atoms with Crippen molar-refractivity contribution >= 4 is 6.29 Å². The maximum atomic E-state index is 13.2. The second-order valence-electron chi connectivity index (χ2n) is 5.27. The summed E-state index contributed by atoms with van der Waals surface area (Å²) in [6.07, 6.45) is 0.815. The molecule has 0 atom stereocenters. The van der Waals surface area contributed by atoms with E-state index < -0.39 is 0 Å². The number of methoxy groups -OCH3 is 2. The van der Waals surface area contributed by atoms with Crippen LogP contribution >= 0.6 is 0 Å². The number of ether oxygens (including phenoxy) is 2. The first-order valence-electron chi connectivity index (χ1n) is 7.03. The van der Waals surface area contributed by atoms with Gasteiger partial charge in [0.2, 0.25) is 0 Å². The Hall–Kier alpha value is -2.36. The molecule has 0 aromatic heterocycles. The number of aldehydes is 1. The standard InChI is InChI=1S/C18H19FO3/c1-11(2)14-9-16(21-3)18(22-4)17(15(14)10-20)12-5-7-13(19)8-6-12/h5-11H,1-4H3. The molecule has 2 aromatic carbocycles. The van der Waals surface area contributed by atoms with Gasteiger partial charge in [-0.25, -0.2) is 4.39 Å². The van der Waals surface area contributed by atoms with E-state index in [0.29, 0.717) is 28.2 Å². The van der Waals surface area contributed by atoms with Crippen molar-refractivity contribution in [2.45, 2.75) is 19.8 Å². The zero-order chi connectivity index (χ0) is 16.3. The highest BCUT2D eigenvalue weighted by molar-refractivity contribution is 5.94. The van der Waals surface area contributed by atoms with Crippen LogP contribution in [0.2, 0.25) is 0 Å². The summed E-state index contributed by atoms with van der Waals surface area (Å²) in [6.45, 7) is 4.01. The van der Waals surface area contributed by atoms with Crippen LogP contribution in [-0.2, 0) is 0 Å². The Morgan fingerprint density at radius 3 is 2.18 bits per heavy atom. The molecule has 0 radical (unpaired) electrons. The largest absolute Gasteiger partial charge is 0.493 e. The van der Waals surface area contributed by atoms with E-state index in [4.69, 9.17) is 9.47 Å². The predicted molar refractivity (Wildman–Crippen MR) is 84.4 cm³/mol. The van der Waals surface area contributed by atoms with Crippen molar-refractivity contribution in [1.82, 2.24) is 0 Å². The van der Waals surface area contributed by atoms with Crippen molar-refractivity contribution in [2.24, 2.45) is 0 Å². The number of hydrogen-bond acceptors (Lipinski definition) is 3. The first kappa shape index (κ1) is 16.0. The average Bonchev–Trinajstić information content (AvgIpc) is 2.53. The Kier molecular flexibility index (Phi) is 4.81. The summed E-state index contributed by atoms with van der Waals surface area (Å²) in [7, 11) is 3.07. The van der Waals surface area contributed by atoms with Crippen LogP contribution in [0.3, 0.4) is 0 Å². The predicted octanol–water partition coefficient (Wildman–Crippen LogP) is 4.45. The van der Waals surface area contributed by atoms with Crippen LogP contribution in [0.25, 0.3) is 11.1 Å². The first-order chi connectivity index (χ1) is 10.5. The van der Waals surface area contributed by atoms with Crippen LogP contribution in [0.4, 0.5) is 4.39 Å². The van der Waals surface area contributed by atoms with Gasteiger partial charge in [0.25, 0.3) is 0 Å². The fourth-order valence-corrected chi connectivity index (χ4v) is 2.54. The summed E-state index contributed by atoms with van der Waals surface area (Å²) in [5, 5.41) is 0. The minimum atomic E-state index is -0.331. The van der Waals surface area contributed by atoms with E-state index in [1.165, 1.54) is 19.2 Å². The van der Waals surface area contributed by atoms with Gasteiger partial charge in [0.05, 0.1) is 14.2 Å². The lowest BCUT2D eigenvalue weighted by atomic mass is 9.89. The lowest BCUT2D eigenvalue weighted by Gasteiger charge is -2.20. The quantitative estimate of drug-likeness (QED) is 0.766. The van der Waals surface area contributed by atoms with Crippen LogP contribution in [0, 0.1) is 5.82 Å². The third kappa shape index (κ3) is 2.82. The molecule has 0 fully saturated rings. The van der Waals surface area contributed by atoms with Crippen LogP contribution in [0.5, 0.6) is 11.5 Å². The Bertz CT molecular complexity index is 676. The van der Waals surface area contributed by atoms with E-state index in [1.54, 1.807) is 19.2 Å². The Labute approximate surface area is 129 Å². The van der Waals surface area contributed by atoms with Gasteiger partial charge >= 0.3 is 0 Å². The second-order valence-corrected chi connectivity index (χ2v) is 5.27. The van der Waals surface area contributed by atoms with Crippen molar-refractivity contribution in [2.75, 3.05) is 14.2 Å². The third-order valence-electron chi connectivity index (χ3n) is 3.61. The molecule has 4 heteroatoms. The number of hydrogen-bond donors (Lipinski definition) is 0. The lowest BCUT2D eigenvalue weighted by molar-refractivity contribution is 0.112. The number of carbonyl (C=O) groups is 1. The molecule has 0 saturated heterocycles. The molecule has 0 heterocycles. The lowest BCUT2D eigenvalue weighted by Crippen LogP contribution is -2.03. The Morgan fingerprint density at radius 2 is 1.73 bits per heavy atom. The molecule has 0 saturated carbocycles. The highest BCUT2D eigenvalue weighted by Crippen LogP contribution is 2.43. The minimum Gasteiger partial charge on any atom is -0.493 e. The van der Waals surface area contributed by atoms with Gasteiger partial charge in [-0.3, -0.25) is 4.79 Å². The highest BCUT2D eigenvalue weighted by atomic mass is 19.1. The molecule has 0 aliphatic carbocycles. The van der Waals surface area contributed by atoms with E-state index in [9.17, 15) is 9.18 Å². The molecule has 0 aliphatic rings. The third-order valence-corrected chi connectivity index (χ3v) is 3.61. The molecule has 2 rings (SSSR count). The summed E-state index contributed by atoms with van der Waals surface area (Å²) in [5.74, 6) is 0.832. The average molecular weight is 302 g/mol. The fraction of sp³-hybridized carbons (Fsp3) is 0.278. The number of benzene rings is 2. The van der Waals surface area contributed by atoms with Crippen LogP contribution in [-0.4, -0.2) is 20.5 Å². The van der Waals surface area contributed by atoms with Gasteiger partial charge in [-0.05, 0) is 35.2 Å². The molecule has 3 nitrogen and oxygen atoms in total. The minimum absolute atomic E-state index is 0.138. The molecule has 0 spiro atoms. The van der Waals surface area contributed by atoms with E-state index in [-0.39, 0.29) is 11.7 Å². The SMILES string of the molecule is COc1cc(C(C)C)c(C=O)c(-c2ccc(F)cc2)c1OC. The molecule has 22 heavy (non-hydrogen) atoms. The molecule has 0 aliphatic heterocycles. The molecule has 2 aromatic rings. The first-order valence-corrected chi connectivity index (χ1v) is 7.03. The molecule has 0 N–H and O–H groups in total. The molecular formula is C18H19FO3. The van der Waals surface area contributed by atoms with Crippen LogP contribution in [0.1, 0.15) is 35.7 Å². The van der Waals surface area contributed by atoms with E-state index >= 15 is 0 Å². The van der Waals surface area contributed by atoms with Gasteiger partial charge in [0.15, 0.2) is 17.8 Å². The van der Waals surface area contributed by atoms with E-state index in [0.717, 1.165) is 11.8 Å². The van der Waals surface area contributed by atoms with E-state index in [1.807, 2.05) is 19.9 Å². The summed E-state index contributed by atoms with van der Waals surface area (Å²) < 4.78 is 24.0. The van der Waals surface area contributed by atoms with Crippen molar-refractivity contribution in [3.8, 4) is 22.6 Å². The van der Waals surface area contributed by atoms with Crippen molar-refractivity contribution in [3.05, 3.63) is 47.3 Å². The Balaban J connectivity index is 2.85. The van der Waals surface area contributed by atoms with Crippen LogP contribution < -0.4 is 9.47 Å². The zero-order valence-electron chi connectivity index (χ0n) is 13.1. The number of halogens is 1. The topological polar surface area (TPSA) is 35.5 Å². The van der Waals surface area contributed by atoms with Gasteiger partial charge < -0.3 is 9.47 Å². The summed E-state index contributed by atoms with van der Waals surface area (Å²) in [5.41, 5.74) is 2.74. The molecule has 116 valence electrons. The number of carbonyl (C=O) groups excluding carboxylic acids is 1. The summed E-state index contributed by atoms with van der Waals surface area (Å²) >= 11 is 0. The second kappa shape index (κ2) is 6.60. The highest BCUT2D eigenvalue weighted by Gasteiger charge is 2.22. The fourth-order valence-electron chi connectivity index (χ4n) is 2.54. The maximum absolute atomic E-state index is 13.2. The molecule has 0 unspecified atom stereocenters.